The number of benzene rings is 2. The highest BCUT2D eigenvalue weighted by Gasteiger charge is 2.38. The molecule has 0 aliphatic carbocycles. The van der Waals surface area contributed by atoms with E-state index in [1.54, 1.807) is 37.4 Å². The molecule has 1 amide bonds. The average molecular weight is 410 g/mol. The molecule has 0 radical (unpaired) electrons. The van der Waals surface area contributed by atoms with Crippen LogP contribution in [-0.2, 0) is 0 Å². The van der Waals surface area contributed by atoms with Crippen LogP contribution in [0.1, 0.15) is 27.7 Å². The van der Waals surface area contributed by atoms with Gasteiger partial charge < -0.3 is 14.8 Å². The van der Waals surface area contributed by atoms with Crippen molar-refractivity contribution in [2.75, 3.05) is 24.4 Å². The molecule has 1 aliphatic rings. The number of aromatic nitrogens is 1. The van der Waals surface area contributed by atoms with E-state index in [0.717, 1.165) is 11.1 Å². The fourth-order valence-electron chi connectivity index (χ4n) is 3.47. The van der Waals surface area contributed by atoms with E-state index in [1.807, 2.05) is 43.3 Å². The molecule has 0 fully saturated rings. The lowest BCUT2D eigenvalue weighted by Crippen LogP contribution is -2.33. The molecule has 0 spiro atoms. The number of carbonyl (C=O) groups is 1. The molecular weight excluding hydrogens is 390 g/mol. The second-order valence-corrected chi connectivity index (χ2v) is 7.09. The van der Waals surface area contributed by atoms with Gasteiger partial charge in [0.1, 0.15) is 23.5 Å². The Morgan fingerprint density at radius 3 is 2.55 bits per heavy atom. The molecule has 0 saturated carbocycles. The molecule has 1 aromatic heterocycles. The molecule has 148 valence electrons. The number of hydrogen-bond donors (Lipinski definition) is 1. The van der Waals surface area contributed by atoms with Gasteiger partial charge in [-0.2, -0.15) is 0 Å². The summed E-state index contributed by atoms with van der Waals surface area (Å²) in [7, 11) is 3.12. The zero-order valence-corrected chi connectivity index (χ0v) is 17.0. The van der Waals surface area contributed by atoms with Crippen molar-refractivity contribution in [3.8, 4) is 11.5 Å². The van der Waals surface area contributed by atoms with Crippen LogP contribution in [0.5, 0.6) is 11.5 Å². The highest BCUT2D eigenvalue weighted by molar-refractivity contribution is 6.32. The molecule has 0 unspecified atom stereocenters. The smallest absolute Gasteiger partial charge is 0.261 e. The van der Waals surface area contributed by atoms with Crippen molar-refractivity contribution in [2.45, 2.75) is 13.1 Å². The number of nitrogens with zero attached hydrogens (tertiary/aromatic N) is 2. The van der Waals surface area contributed by atoms with Crippen LogP contribution in [0.3, 0.4) is 0 Å². The van der Waals surface area contributed by atoms with Crippen molar-refractivity contribution in [1.82, 2.24) is 4.98 Å². The minimum absolute atomic E-state index is 0.116. The molecule has 4 rings (SSSR count). The third-order valence-electron chi connectivity index (χ3n) is 4.88. The van der Waals surface area contributed by atoms with Gasteiger partial charge in [-0.15, -0.1) is 0 Å². The number of halogens is 1. The normalized spacial score (nSPS) is 15.2. The average Bonchev–Trinajstić information content (AvgIpc) is 3.00. The summed E-state index contributed by atoms with van der Waals surface area (Å²) in [5.41, 5.74) is 3.15. The summed E-state index contributed by atoms with van der Waals surface area (Å²) in [5, 5.41) is 3.85. The van der Waals surface area contributed by atoms with Gasteiger partial charge in [0.2, 0.25) is 0 Å². The summed E-state index contributed by atoms with van der Waals surface area (Å²) in [6, 6.07) is 14.7. The van der Waals surface area contributed by atoms with E-state index in [-0.39, 0.29) is 5.91 Å². The van der Waals surface area contributed by atoms with E-state index in [1.165, 1.54) is 0 Å². The highest BCUT2D eigenvalue weighted by atomic mass is 35.5. The highest BCUT2D eigenvalue weighted by Crippen LogP contribution is 2.42. The maximum Gasteiger partial charge on any atom is 0.261 e. The maximum absolute atomic E-state index is 13.2. The largest absolute Gasteiger partial charge is 0.495 e. The van der Waals surface area contributed by atoms with Crippen molar-refractivity contribution < 1.29 is 14.3 Å². The van der Waals surface area contributed by atoms with E-state index < -0.39 is 6.17 Å². The number of carbonyl (C=O) groups excluding carboxylic acids is 1. The molecule has 1 atom stereocenters. The second-order valence-electron chi connectivity index (χ2n) is 6.69. The van der Waals surface area contributed by atoms with Crippen LogP contribution >= 0.6 is 11.6 Å². The number of rotatable bonds is 5. The number of nitrogens with one attached hydrogen (secondary N) is 1. The predicted octanol–water partition coefficient (Wildman–Crippen LogP) is 4.83. The number of fused-ring (bicyclic) bond motifs is 1. The van der Waals surface area contributed by atoms with Crippen LogP contribution in [0.4, 0.5) is 11.5 Å². The first-order valence-electron chi connectivity index (χ1n) is 9.06. The van der Waals surface area contributed by atoms with Crippen LogP contribution in [0.15, 0.2) is 54.7 Å². The Morgan fingerprint density at radius 1 is 1.07 bits per heavy atom. The zero-order valence-electron chi connectivity index (χ0n) is 16.3. The standard InChI is InChI=1S/C22H20ClN3O3/c1-13-8-9-24-20(10-13)26-21(14-6-4-5-7-15(14)22(26)27)25-17-11-16(23)18(28-2)12-19(17)29-3/h4-12,21,25H,1-3H3/t21-/m0/s1. The first-order chi connectivity index (χ1) is 14.0. The van der Waals surface area contributed by atoms with E-state index >= 15 is 0 Å². The minimum atomic E-state index is -0.466. The lowest BCUT2D eigenvalue weighted by atomic mass is 10.1. The third kappa shape index (κ3) is 3.36. The fraction of sp³-hybridized carbons (Fsp3) is 0.182. The lowest BCUT2D eigenvalue weighted by molar-refractivity contribution is 0.0992. The van der Waals surface area contributed by atoms with Crippen LogP contribution in [0.25, 0.3) is 0 Å². The SMILES string of the molecule is COc1cc(OC)c(N[C@@H]2c3ccccc3C(=O)N2c2cc(C)ccn2)cc1Cl. The van der Waals surface area contributed by atoms with Gasteiger partial charge in [-0.25, -0.2) is 4.98 Å². The Hall–Kier alpha value is -3.25. The van der Waals surface area contributed by atoms with E-state index in [2.05, 4.69) is 10.3 Å². The number of methoxy groups -OCH3 is 2. The van der Waals surface area contributed by atoms with Gasteiger partial charge in [0.15, 0.2) is 0 Å². The number of ether oxygens (including phenoxy) is 2. The number of anilines is 2. The van der Waals surface area contributed by atoms with Crippen LogP contribution in [-0.4, -0.2) is 25.1 Å². The summed E-state index contributed by atoms with van der Waals surface area (Å²) in [6.45, 7) is 1.97. The van der Waals surface area contributed by atoms with Crippen LogP contribution < -0.4 is 19.7 Å². The minimum Gasteiger partial charge on any atom is -0.495 e. The Labute approximate surface area is 174 Å². The first kappa shape index (κ1) is 19.1. The molecule has 6 nitrogen and oxygen atoms in total. The third-order valence-corrected chi connectivity index (χ3v) is 5.17. The van der Waals surface area contributed by atoms with Crippen LogP contribution in [0, 0.1) is 6.92 Å². The first-order valence-corrected chi connectivity index (χ1v) is 9.44. The van der Waals surface area contributed by atoms with Gasteiger partial charge in [0.05, 0.1) is 24.9 Å². The summed E-state index contributed by atoms with van der Waals surface area (Å²) >= 11 is 6.33. The molecular formula is C22H20ClN3O3. The van der Waals surface area contributed by atoms with E-state index in [9.17, 15) is 4.79 Å². The zero-order chi connectivity index (χ0) is 20.5. The molecule has 2 aromatic carbocycles. The quantitative estimate of drug-likeness (QED) is 0.653. The van der Waals surface area contributed by atoms with Gasteiger partial charge in [0.25, 0.3) is 5.91 Å². The Morgan fingerprint density at radius 2 is 1.83 bits per heavy atom. The molecule has 1 N–H and O–H groups in total. The van der Waals surface area contributed by atoms with Crippen LogP contribution in [0.2, 0.25) is 5.02 Å². The second kappa shape index (κ2) is 7.64. The molecule has 0 bridgehead atoms. The summed E-state index contributed by atoms with van der Waals surface area (Å²) in [6.07, 6.45) is 1.23. The number of aryl methyl sites for hydroxylation is 1. The van der Waals surface area contributed by atoms with Crippen molar-refractivity contribution in [1.29, 1.82) is 0 Å². The predicted molar refractivity (Wildman–Crippen MR) is 113 cm³/mol. The van der Waals surface area contributed by atoms with E-state index in [4.69, 9.17) is 21.1 Å². The maximum atomic E-state index is 13.2. The Bertz CT molecular complexity index is 1090. The molecule has 1 aliphatic heterocycles. The number of pyridine rings is 1. The Kier molecular flexibility index (Phi) is 5.03. The lowest BCUT2D eigenvalue weighted by Gasteiger charge is -2.27. The molecule has 29 heavy (non-hydrogen) atoms. The molecule has 0 saturated heterocycles. The van der Waals surface area contributed by atoms with Gasteiger partial charge in [-0.05, 0) is 36.8 Å². The summed E-state index contributed by atoms with van der Waals surface area (Å²) in [5.74, 6) is 1.52. The fourth-order valence-corrected chi connectivity index (χ4v) is 3.71. The number of hydrogen-bond acceptors (Lipinski definition) is 5. The summed E-state index contributed by atoms with van der Waals surface area (Å²) in [4.78, 5) is 19.3. The topological polar surface area (TPSA) is 63.7 Å². The monoisotopic (exact) mass is 409 g/mol. The Balaban J connectivity index is 1.81. The van der Waals surface area contributed by atoms with Crippen molar-refractivity contribution in [2.24, 2.45) is 0 Å². The summed E-state index contributed by atoms with van der Waals surface area (Å²) < 4.78 is 10.8. The van der Waals surface area contributed by atoms with Crippen molar-refractivity contribution >= 4 is 29.0 Å². The van der Waals surface area contributed by atoms with Crippen molar-refractivity contribution in [3.63, 3.8) is 0 Å². The molecule has 7 heteroatoms. The van der Waals surface area contributed by atoms with Gasteiger partial charge in [-0.3, -0.25) is 9.69 Å². The van der Waals surface area contributed by atoms with E-state index in [0.29, 0.717) is 33.6 Å². The van der Waals surface area contributed by atoms with Gasteiger partial charge >= 0.3 is 0 Å². The van der Waals surface area contributed by atoms with Gasteiger partial charge in [0, 0.05) is 23.4 Å². The van der Waals surface area contributed by atoms with Gasteiger partial charge in [-0.1, -0.05) is 29.8 Å². The molecule has 3 aromatic rings. The number of amides is 1. The molecule has 2 heterocycles. The van der Waals surface area contributed by atoms with Crippen molar-refractivity contribution in [3.05, 3.63) is 76.4 Å².